The van der Waals surface area contributed by atoms with Gasteiger partial charge >= 0.3 is 17.9 Å². The van der Waals surface area contributed by atoms with E-state index in [0.717, 1.165) is 83.5 Å². The Balaban J connectivity index is 3.99. The second-order valence-electron chi connectivity index (χ2n) is 21.7. The molecule has 0 fully saturated rings. The molecule has 426 valence electrons. The summed E-state index contributed by atoms with van der Waals surface area (Å²) in [6.07, 6.45) is 77.2. The summed E-state index contributed by atoms with van der Waals surface area (Å²) in [6.45, 7) is 6.56. The smallest absolute Gasteiger partial charge is 0.306 e. The molecule has 0 bridgehead atoms. The average Bonchev–Trinajstić information content (AvgIpc) is 3.39. The first kappa shape index (κ1) is 70.4. The van der Waals surface area contributed by atoms with Crippen LogP contribution in [-0.4, -0.2) is 37.2 Å². The maximum atomic E-state index is 12.8. The van der Waals surface area contributed by atoms with Gasteiger partial charge in [-0.25, -0.2) is 0 Å². The van der Waals surface area contributed by atoms with Crippen molar-refractivity contribution in [3.63, 3.8) is 0 Å². The summed E-state index contributed by atoms with van der Waals surface area (Å²) in [4.78, 5) is 38.1. The molecule has 0 heterocycles. The standard InChI is InChI=1S/C67H122O6/c1-4-7-10-13-16-19-22-23-24-25-26-27-28-29-30-31-32-33-34-35-36-37-38-39-40-41-42-43-46-48-51-54-57-60-66(69)72-63-64(73-67(70)61-58-55-52-49-45-21-18-15-12-9-6-3)62-71-65(68)59-56-53-50-47-44-20-17-14-11-8-5-2/h7,10,16,19,23-24,26-27,64H,4-6,8-9,11-15,17-18,20-22,25,28-63H2,1-3H3/b10-7-,19-16-,24-23-,27-26-. The van der Waals surface area contributed by atoms with E-state index in [1.807, 2.05) is 0 Å². The Kier molecular flexibility index (Phi) is 59.7. The zero-order valence-corrected chi connectivity index (χ0v) is 48.9. The lowest BCUT2D eigenvalue weighted by Gasteiger charge is -2.18. The van der Waals surface area contributed by atoms with Crippen molar-refractivity contribution < 1.29 is 28.6 Å². The summed E-state index contributed by atoms with van der Waals surface area (Å²) < 4.78 is 16.9. The van der Waals surface area contributed by atoms with E-state index in [0.29, 0.717) is 19.3 Å². The van der Waals surface area contributed by atoms with Crippen molar-refractivity contribution in [2.75, 3.05) is 13.2 Å². The van der Waals surface area contributed by atoms with Gasteiger partial charge in [0, 0.05) is 19.3 Å². The van der Waals surface area contributed by atoms with Gasteiger partial charge in [-0.15, -0.1) is 0 Å². The summed E-state index contributed by atoms with van der Waals surface area (Å²) >= 11 is 0. The van der Waals surface area contributed by atoms with Gasteiger partial charge in [0.25, 0.3) is 0 Å². The molecule has 0 spiro atoms. The molecule has 0 aliphatic rings. The van der Waals surface area contributed by atoms with E-state index >= 15 is 0 Å². The van der Waals surface area contributed by atoms with E-state index < -0.39 is 6.10 Å². The van der Waals surface area contributed by atoms with Crippen molar-refractivity contribution in [1.29, 1.82) is 0 Å². The highest BCUT2D eigenvalue weighted by atomic mass is 16.6. The monoisotopic (exact) mass is 1020 g/mol. The molecule has 1 atom stereocenters. The number of hydrogen-bond donors (Lipinski definition) is 0. The van der Waals surface area contributed by atoms with Gasteiger partial charge in [-0.2, -0.15) is 0 Å². The van der Waals surface area contributed by atoms with Crippen LogP contribution in [0.3, 0.4) is 0 Å². The molecule has 0 saturated heterocycles. The van der Waals surface area contributed by atoms with Gasteiger partial charge in [0.2, 0.25) is 0 Å². The van der Waals surface area contributed by atoms with E-state index in [-0.39, 0.29) is 31.1 Å². The predicted octanol–water partition coefficient (Wildman–Crippen LogP) is 21.8. The Morgan fingerprint density at radius 3 is 0.836 bits per heavy atom. The number of carbonyl (C=O) groups excluding carboxylic acids is 3. The van der Waals surface area contributed by atoms with Gasteiger partial charge in [0.15, 0.2) is 6.10 Å². The molecule has 0 aromatic heterocycles. The zero-order valence-electron chi connectivity index (χ0n) is 48.9. The van der Waals surface area contributed by atoms with E-state index in [2.05, 4.69) is 69.4 Å². The summed E-state index contributed by atoms with van der Waals surface area (Å²) in [5, 5.41) is 0. The molecule has 1 unspecified atom stereocenters. The van der Waals surface area contributed by atoms with Crippen LogP contribution in [-0.2, 0) is 28.6 Å². The molecule has 0 radical (unpaired) electrons. The van der Waals surface area contributed by atoms with Crippen molar-refractivity contribution >= 4 is 17.9 Å². The maximum Gasteiger partial charge on any atom is 0.306 e. The molecule has 6 heteroatoms. The van der Waals surface area contributed by atoms with Crippen LogP contribution in [0, 0.1) is 0 Å². The number of esters is 3. The first-order valence-corrected chi connectivity index (χ1v) is 32.1. The molecule has 0 saturated carbocycles. The fourth-order valence-corrected chi connectivity index (χ4v) is 9.56. The molecule has 0 aliphatic heterocycles. The lowest BCUT2D eigenvalue weighted by Crippen LogP contribution is -2.30. The second kappa shape index (κ2) is 61.9. The lowest BCUT2D eigenvalue weighted by molar-refractivity contribution is -0.167. The molecule has 0 aromatic carbocycles. The van der Waals surface area contributed by atoms with Gasteiger partial charge in [-0.05, 0) is 57.8 Å². The highest BCUT2D eigenvalue weighted by Gasteiger charge is 2.19. The van der Waals surface area contributed by atoms with Crippen LogP contribution in [0.25, 0.3) is 0 Å². The Morgan fingerprint density at radius 1 is 0.288 bits per heavy atom. The lowest BCUT2D eigenvalue weighted by atomic mass is 10.0. The number of carbonyl (C=O) groups is 3. The quantitative estimate of drug-likeness (QED) is 0.0261. The van der Waals surface area contributed by atoms with Crippen molar-refractivity contribution in [2.45, 2.75) is 348 Å². The van der Waals surface area contributed by atoms with E-state index in [1.165, 1.54) is 218 Å². The van der Waals surface area contributed by atoms with Crippen LogP contribution in [0.2, 0.25) is 0 Å². The highest BCUT2D eigenvalue weighted by Crippen LogP contribution is 2.18. The largest absolute Gasteiger partial charge is 0.462 e. The topological polar surface area (TPSA) is 78.9 Å². The second-order valence-corrected chi connectivity index (χ2v) is 21.7. The number of allylic oxidation sites excluding steroid dienone is 8. The Bertz CT molecular complexity index is 1270. The third kappa shape index (κ3) is 60.1. The van der Waals surface area contributed by atoms with Gasteiger partial charge in [0.05, 0.1) is 0 Å². The first-order chi connectivity index (χ1) is 36.0. The summed E-state index contributed by atoms with van der Waals surface area (Å²) in [7, 11) is 0. The van der Waals surface area contributed by atoms with Crippen molar-refractivity contribution in [3.8, 4) is 0 Å². The van der Waals surface area contributed by atoms with Crippen LogP contribution in [0.4, 0.5) is 0 Å². The maximum absolute atomic E-state index is 12.8. The normalized spacial score (nSPS) is 12.3. The SMILES string of the molecule is CC/C=C\C/C=C\C/C=C\C/C=C\CCCCCCCCCCCCCCCCCCCCCCC(=O)OCC(COC(=O)CCCCCCCCCCCCC)OC(=O)CCCCCCCCCCCCC. The van der Waals surface area contributed by atoms with Crippen LogP contribution in [0.5, 0.6) is 0 Å². The summed E-state index contributed by atoms with van der Waals surface area (Å²) in [5.41, 5.74) is 0. The predicted molar refractivity (Wildman–Crippen MR) is 316 cm³/mol. The zero-order chi connectivity index (χ0) is 52.9. The Labute approximate surface area is 454 Å². The summed E-state index contributed by atoms with van der Waals surface area (Å²) in [5.74, 6) is -0.846. The molecule has 0 rings (SSSR count). The van der Waals surface area contributed by atoms with Gasteiger partial charge in [0.1, 0.15) is 13.2 Å². The first-order valence-electron chi connectivity index (χ1n) is 32.1. The number of ether oxygens (including phenoxy) is 3. The Morgan fingerprint density at radius 2 is 0.534 bits per heavy atom. The van der Waals surface area contributed by atoms with Crippen molar-refractivity contribution in [3.05, 3.63) is 48.6 Å². The Hall–Kier alpha value is -2.63. The van der Waals surface area contributed by atoms with Crippen LogP contribution in [0.1, 0.15) is 342 Å². The molecular formula is C67H122O6. The number of hydrogen-bond acceptors (Lipinski definition) is 6. The van der Waals surface area contributed by atoms with Crippen molar-refractivity contribution in [1.82, 2.24) is 0 Å². The van der Waals surface area contributed by atoms with Crippen molar-refractivity contribution in [2.24, 2.45) is 0 Å². The van der Waals surface area contributed by atoms with Gasteiger partial charge in [-0.3, -0.25) is 14.4 Å². The minimum Gasteiger partial charge on any atom is -0.462 e. The molecule has 6 nitrogen and oxygen atoms in total. The molecule has 0 N–H and O–H groups in total. The van der Waals surface area contributed by atoms with E-state index in [1.54, 1.807) is 0 Å². The molecule has 0 aromatic rings. The molecule has 0 amide bonds. The minimum atomic E-state index is -0.765. The number of rotatable bonds is 59. The van der Waals surface area contributed by atoms with Crippen LogP contribution >= 0.6 is 0 Å². The van der Waals surface area contributed by atoms with Crippen LogP contribution in [0.15, 0.2) is 48.6 Å². The fraction of sp³-hybridized carbons (Fsp3) is 0.836. The third-order valence-corrected chi connectivity index (χ3v) is 14.3. The molecular weight excluding hydrogens is 901 g/mol. The average molecular weight is 1020 g/mol. The van der Waals surface area contributed by atoms with Gasteiger partial charge < -0.3 is 14.2 Å². The fourth-order valence-electron chi connectivity index (χ4n) is 9.56. The number of unbranched alkanes of at least 4 members (excludes halogenated alkanes) is 40. The van der Waals surface area contributed by atoms with Crippen LogP contribution < -0.4 is 0 Å². The summed E-state index contributed by atoms with van der Waals surface area (Å²) in [6, 6.07) is 0. The van der Waals surface area contributed by atoms with E-state index in [9.17, 15) is 14.4 Å². The minimum absolute atomic E-state index is 0.0655. The van der Waals surface area contributed by atoms with Gasteiger partial charge in [-0.1, -0.05) is 313 Å². The van der Waals surface area contributed by atoms with E-state index in [4.69, 9.17) is 14.2 Å². The molecule has 73 heavy (non-hydrogen) atoms. The molecule has 0 aliphatic carbocycles. The third-order valence-electron chi connectivity index (χ3n) is 14.3. The highest BCUT2D eigenvalue weighted by molar-refractivity contribution is 5.71.